The fraction of sp³-hybridized carbons (Fsp3) is 0.286. The molecule has 2 aromatic rings. The predicted octanol–water partition coefficient (Wildman–Crippen LogP) is 1.77. The van der Waals surface area contributed by atoms with Crippen LogP contribution < -0.4 is 14.5 Å². The summed E-state index contributed by atoms with van der Waals surface area (Å²) in [5, 5.41) is 3.87. The quantitative estimate of drug-likeness (QED) is 0.356. The summed E-state index contributed by atoms with van der Waals surface area (Å²) in [7, 11) is -2.40. The fourth-order valence-electron chi connectivity index (χ4n) is 2.58. The Hall–Kier alpha value is -3.40. The first kappa shape index (κ1) is 23.9. The first-order valence-corrected chi connectivity index (χ1v) is 11.1. The van der Waals surface area contributed by atoms with Crippen molar-refractivity contribution in [2.75, 3.05) is 30.8 Å². The van der Waals surface area contributed by atoms with Crippen LogP contribution in [0.2, 0.25) is 0 Å². The van der Waals surface area contributed by atoms with Crippen molar-refractivity contribution in [2.45, 2.75) is 13.8 Å². The number of nitrogens with zero attached hydrogens (tertiary/aromatic N) is 2. The van der Waals surface area contributed by atoms with Gasteiger partial charge in [-0.05, 0) is 60.9 Å². The van der Waals surface area contributed by atoms with Gasteiger partial charge in [0.2, 0.25) is 10.0 Å². The van der Waals surface area contributed by atoms with E-state index >= 15 is 0 Å². The molecular formula is C21H25N3O6S. The van der Waals surface area contributed by atoms with Crippen LogP contribution in [-0.4, -0.2) is 53.0 Å². The minimum Gasteiger partial charge on any atom is -0.482 e. The van der Waals surface area contributed by atoms with Crippen LogP contribution in [0.5, 0.6) is 5.75 Å². The molecule has 31 heavy (non-hydrogen) atoms. The monoisotopic (exact) mass is 447 g/mol. The average molecular weight is 448 g/mol. The molecule has 0 saturated carbocycles. The van der Waals surface area contributed by atoms with Gasteiger partial charge in [0.25, 0.3) is 5.91 Å². The third-order valence-electron chi connectivity index (χ3n) is 4.40. The van der Waals surface area contributed by atoms with Gasteiger partial charge in [0.05, 0.1) is 25.3 Å². The first-order valence-electron chi connectivity index (χ1n) is 9.27. The summed E-state index contributed by atoms with van der Waals surface area (Å²) in [6.07, 6.45) is 2.46. The van der Waals surface area contributed by atoms with Gasteiger partial charge in [0.1, 0.15) is 12.3 Å². The van der Waals surface area contributed by atoms with Crippen molar-refractivity contribution in [3.05, 3.63) is 59.2 Å². The van der Waals surface area contributed by atoms with Crippen LogP contribution in [0.4, 0.5) is 5.69 Å². The molecule has 0 aliphatic heterocycles. The summed E-state index contributed by atoms with van der Waals surface area (Å²) in [5.74, 6) is -0.595. The molecule has 0 bridgehead atoms. The molecule has 1 amide bonds. The highest BCUT2D eigenvalue weighted by atomic mass is 32.2. The molecule has 0 fully saturated rings. The molecular weight excluding hydrogens is 422 g/mol. The molecule has 0 spiro atoms. The number of ether oxygens (including phenoxy) is 2. The van der Waals surface area contributed by atoms with Crippen molar-refractivity contribution in [2.24, 2.45) is 5.10 Å². The Labute approximate surface area is 181 Å². The summed E-state index contributed by atoms with van der Waals surface area (Å²) in [4.78, 5) is 23.4. The molecule has 2 rings (SSSR count). The van der Waals surface area contributed by atoms with Crippen LogP contribution in [0.1, 0.15) is 16.7 Å². The zero-order valence-electron chi connectivity index (χ0n) is 17.8. The number of benzene rings is 2. The number of nitrogens with one attached hydrogen (secondary N) is 1. The van der Waals surface area contributed by atoms with Gasteiger partial charge in [0, 0.05) is 0 Å². The SMILES string of the molecule is COC(=O)COc1ccc(/C=N\NC(=O)CN(c2cccc(C)c2C)S(C)(=O)=O)cc1. The number of carbonyl (C=O) groups is 2. The molecule has 0 aliphatic carbocycles. The largest absolute Gasteiger partial charge is 0.482 e. The molecule has 2 aromatic carbocycles. The van der Waals surface area contributed by atoms with E-state index in [1.807, 2.05) is 13.0 Å². The predicted molar refractivity (Wildman–Crippen MR) is 118 cm³/mol. The van der Waals surface area contributed by atoms with Gasteiger partial charge < -0.3 is 9.47 Å². The van der Waals surface area contributed by atoms with E-state index in [9.17, 15) is 18.0 Å². The van der Waals surface area contributed by atoms with Gasteiger partial charge in [0.15, 0.2) is 6.61 Å². The van der Waals surface area contributed by atoms with E-state index in [4.69, 9.17) is 4.74 Å². The van der Waals surface area contributed by atoms with Gasteiger partial charge in [-0.15, -0.1) is 0 Å². The highest BCUT2D eigenvalue weighted by Crippen LogP contribution is 2.24. The van der Waals surface area contributed by atoms with Crippen molar-refractivity contribution in [1.29, 1.82) is 0 Å². The molecule has 0 aliphatic rings. The average Bonchev–Trinajstić information content (AvgIpc) is 2.72. The number of esters is 1. The lowest BCUT2D eigenvalue weighted by molar-refractivity contribution is -0.142. The summed E-state index contributed by atoms with van der Waals surface area (Å²) in [6.45, 7) is 3.07. The molecule has 0 saturated heterocycles. The van der Waals surface area contributed by atoms with Crippen LogP contribution in [-0.2, 0) is 24.3 Å². The number of amides is 1. The van der Waals surface area contributed by atoms with Gasteiger partial charge >= 0.3 is 5.97 Å². The van der Waals surface area contributed by atoms with Gasteiger partial charge in [-0.3, -0.25) is 9.10 Å². The second-order valence-corrected chi connectivity index (χ2v) is 8.62. The van der Waals surface area contributed by atoms with E-state index in [0.29, 0.717) is 17.0 Å². The maximum Gasteiger partial charge on any atom is 0.343 e. The number of methoxy groups -OCH3 is 1. The second-order valence-electron chi connectivity index (χ2n) is 6.72. The number of aryl methyl sites for hydroxylation is 1. The van der Waals surface area contributed by atoms with E-state index in [2.05, 4.69) is 15.3 Å². The third kappa shape index (κ3) is 7.10. The number of carbonyl (C=O) groups excluding carboxylic acids is 2. The van der Waals surface area contributed by atoms with Crippen LogP contribution in [0.25, 0.3) is 0 Å². The zero-order valence-corrected chi connectivity index (χ0v) is 18.6. The van der Waals surface area contributed by atoms with E-state index in [1.165, 1.54) is 13.3 Å². The smallest absolute Gasteiger partial charge is 0.343 e. The van der Waals surface area contributed by atoms with Crippen molar-refractivity contribution in [3.63, 3.8) is 0 Å². The molecule has 166 valence electrons. The molecule has 0 aromatic heterocycles. The number of hydrogen-bond acceptors (Lipinski definition) is 7. The van der Waals surface area contributed by atoms with E-state index < -0.39 is 28.4 Å². The Morgan fingerprint density at radius 1 is 1.13 bits per heavy atom. The van der Waals surface area contributed by atoms with Gasteiger partial charge in [-0.1, -0.05) is 12.1 Å². The molecule has 0 unspecified atom stereocenters. The Kier molecular flexibility index (Phi) is 8.14. The van der Waals surface area contributed by atoms with Crippen LogP contribution >= 0.6 is 0 Å². The fourth-order valence-corrected chi connectivity index (χ4v) is 3.49. The second kappa shape index (κ2) is 10.6. The van der Waals surface area contributed by atoms with Crippen molar-refractivity contribution in [3.8, 4) is 5.75 Å². The molecule has 9 nitrogen and oxygen atoms in total. The summed E-state index contributed by atoms with van der Waals surface area (Å²) < 4.78 is 35.3. The standard InChI is InChI=1S/C21H25N3O6S/c1-15-6-5-7-19(16(15)2)24(31(4,27)28)13-20(25)23-22-12-17-8-10-18(11-9-17)30-14-21(26)29-3/h5-12H,13-14H2,1-4H3,(H,23,25)/b22-12-. The van der Waals surface area contributed by atoms with E-state index in [0.717, 1.165) is 21.7 Å². The minimum atomic E-state index is -3.67. The van der Waals surface area contributed by atoms with Crippen molar-refractivity contribution >= 4 is 33.8 Å². The zero-order chi connectivity index (χ0) is 23.0. The molecule has 0 radical (unpaired) electrons. The molecule has 0 heterocycles. The lowest BCUT2D eigenvalue weighted by Gasteiger charge is -2.23. The van der Waals surface area contributed by atoms with Crippen molar-refractivity contribution in [1.82, 2.24) is 5.43 Å². The number of hydrogen-bond donors (Lipinski definition) is 1. The minimum absolute atomic E-state index is 0.197. The Balaban J connectivity index is 2.00. The molecule has 0 atom stereocenters. The lowest BCUT2D eigenvalue weighted by Crippen LogP contribution is -2.39. The number of sulfonamides is 1. The van der Waals surface area contributed by atoms with Crippen molar-refractivity contribution < 1.29 is 27.5 Å². The third-order valence-corrected chi connectivity index (χ3v) is 5.53. The molecule has 10 heteroatoms. The number of anilines is 1. The van der Waals surface area contributed by atoms with E-state index in [-0.39, 0.29) is 6.61 Å². The number of hydrazone groups is 1. The Morgan fingerprint density at radius 3 is 2.42 bits per heavy atom. The first-order chi connectivity index (χ1) is 14.6. The van der Waals surface area contributed by atoms with E-state index in [1.54, 1.807) is 43.3 Å². The van der Waals surface area contributed by atoms with Crippen LogP contribution in [0.3, 0.4) is 0 Å². The van der Waals surface area contributed by atoms with Crippen LogP contribution in [0.15, 0.2) is 47.6 Å². The number of rotatable bonds is 9. The highest BCUT2D eigenvalue weighted by molar-refractivity contribution is 7.92. The highest BCUT2D eigenvalue weighted by Gasteiger charge is 2.22. The van der Waals surface area contributed by atoms with Gasteiger partial charge in [-0.25, -0.2) is 18.6 Å². The van der Waals surface area contributed by atoms with Gasteiger partial charge in [-0.2, -0.15) is 5.10 Å². The molecule has 1 N–H and O–H groups in total. The summed E-state index contributed by atoms with van der Waals surface area (Å²) in [5.41, 5.74) is 5.14. The summed E-state index contributed by atoms with van der Waals surface area (Å²) >= 11 is 0. The lowest BCUT2D eigenvalue weighted by atomic mass is 10.1. The summed E-state index contributed by atoms with van der Waals surface area (Å²) in [6, 6.07) is 11.9. The van der Waals surface area contributed by atoms with Crippen LogP contribution in [0, 0.1) is 13.8 Å². The Morgan fingerprint density at radius 2 is 1.81 bits per heavy atom. The topological polar surface area (TPSA) is 114 Å². The maximum atomic E-state index is 12.3. The maximum absolute atomic E-state index is 12.3. The Bertz CT molecular complexity index is 1070. The normalized spacial score (nSPS) is 11.2.